The van der Waals surface area contributed by atoms with Crippen molar-refractivity contribution in [2.45, 2.75) is 19.4 Å². The van der Waals surface area contributed by atoms with Crippen LogP contribution in [0.1, 0.15) is 23.7 Å². The van der Waals surface area contributed by atoms with E-state index in [4.69, 9.17) is 0 Å². The summed E-state index contributed by atoms with van der Waals surface area (Å²) in [6.07, 6.45) is 1.11. The Morgan fingerprint density at radius 1 is 1.64 bits per heavy atom. The molecule has 14 heavy (non-hydrogen) atoms. The highest BCUT2D eigenvalue weighted by Gasteiger charge is 2.34. The zero-order valence-corrected chi connectivity index (χ0v) is 11.5. The van der Waals surface area contributed by atoms with Crippen molar-refractivity contribution >= 4 is 49.1 Å². The molecule has 1 fully saturated rings. The van der Waals surface area contributed by atoms with E-state index < -0.39 is 0 Å². The van der Waals surface area contributed by atoms with E-state index >= 15 is 0 Å². The molecule has 1 aliphatic rings. The minimum absolute atomic E-state index is 0.0215. The molecular formula is C9H9Br2NOS. The average molecular weight is 339 g/mol. The maximum Gasteiger partial charge on any atom is 0.253 e. The Morgan fingerprint density at radius 3 is 2.71 bits per heavy atom. The summed E-state index contributed by atoms with van der Waals surface area (Å²) in [5.74, 6) is 0.660. The Labute approximate surface area is 103 Å². The molecule has 1 aromatic heterocycles. The first-order chi connectivity index (χ1) is 6.58. The van der Waals surface area contributed by atoms with Crippen LogP contribution < -0.4 is 5.32 Å². The molecule has 0 bridgehead atoms. The lowest BCUT2D eigenvalue weighted by Gasteiger charge is -2.01. The van der Waals surface area contributed by atoms with Gasteiger partial charge in [-0.25, -0.2) is 0 Å². The van der Waals surface area contributed by atoms with Gasteiger partial charge in [0.1, 0.15) is 0 Å². The Kier molecular flexibility index (Phi) is 3.00. The molecule has 1 N–H and O–H groups in total. The predicted octanol–water partition coefficient (Wildman–Crippen LogP) is 3.41. The van der Waals surface area contributed by atoms with Crippen LogP contribution in [0, 0.1) is 5.92 Å². The fraction of sp³-hybridized carbons (Fsp3) is 0.444. The largest absolute Gasteiger partial charge is 0.349 e. The summed E-state index contributed by atoms with van der Waals surface area (Å²) < 4.78 is 1.86. The van der Waals surface area contributed by atoms with Gasteiger partial charge >= 0.3 is 0 Å². The van der Waals surface area contributed by atoms with E-state index in [0.29, 0.717) is 12.0 Å². The van der Waals surface area contributed by atoms with Gasteiger partial charge in [-0.2, -0.15) is 0 Å². The van der Waals surface area contributed by atoms with Gasteiger partial charge in [-0.05, 0) is 50.3 Å². The molecule has 2 nitrogen and oxygen atoms in total. The maximum atomic E-state index is 11.7. The summed E-state index contributed by atoms with van der Waals surface area (Å²) in [5, 5.41) is 2.99. The Hall–Kier alpha value is 0.130. The van der Waals surface area contributed by atoms with Crippen LogP contribution in [0.4, 0.5) is 0 Å². The molecule has 76 valence electrons. The summed E-state index contributed by atoms with van der Waals surface area (Å²) in [4.78, 5) is 11.7. The third-order valence-corrected chi connectivity index (χ3v) is 4.67. The number of amides is 1. The summed E-state index contributed by atoms with van der Waals surface area (Å²) in [6, 6.07) is 2.23. The lowest BCUT2D eigenvalue weighted by molar-refractivity contribution is 0.0949. The number of rotatable bonds is 2. The van der Waals surface area contributed by atoms with Crippen LogP contribution in [0.3, 0.4) is 0 Å². The van der Waals surface area contributed by atoms with Crippen molar-refractivity contribution in [3.8, 4) is 0 Å². The molecule has 2 unspecified atom stereocenters. The van der Waals surface area contributed by atoms with Crippen molar-refractivity contribution in [1.29, 1.82) is 0 Å². The number of thiophene rings is 1. The lowest BCUT2D eigenvalue weighted by atomic mass is 10.3. The lowest BCUT2D eigenvalue weighted by Crippen LogP contribution is -2.26. The molecule has 0 spiro atoms. The molecule has 1 heterocycles. The third kappa shape index (κ3) is 2.20. The van der Waals surface area contributed by atoms with Crippen molar-refractivity contribution < 1.29 is 4.79 Å². The van der Waals surface area contributed by atoms with Crippen LogP contribution >= 0.6 is 43.2 Å². The van der Waals surface area contributed by atoms with Crippen molar-refractivity contribution in [2.75, 3.05) is 0 Å². The second-order valence-electron chi connectivity index (χ2n) is 3.53. The van der Waals surface area contributed by atoms with Gasteiger partial charge in [0.2, 0.25) is 0 Å². The smallest absolute Gasteiger partial charge is 0.253 e. The quantitative estimate of drug-likeness (QED) is 0.879. The van der Waals surface area contributed by atoms with Crippen LogP contribution in [0.25, 0.3) is 0 Å². The van der Waals surface area contributed by atoms with Crippen LogP contribution in [0.5, 0.6) is 0 Å². The second kappa shape index (κ2) is 3.94. The van der Waals surface area contributed by atoms with Gasteiger partial charge in [-0.15, -0.1) is 11.3 Å². The van der Waals surface area contributed by atoms with Gasteiger partial charge in [-0.1, -0.05) is 6.92 Å². The fourth-order valence-electron chi connectivity index (χ4n) is 1.26. The van der Waals surface area contributed by atoms with Gasteiger partial charge in [0.25, 0.3) is 5.91 Å². The maximum absolute atomic E-state index is 11.7. The van der Waals surface area contributed by atoms with E-state index in [0.717, 1.165) is 19.6 Å². The van der Waals surface area contributed by atoms with E-state index in [9.17, 15) is 4.79 Å². The molecule has 0 radical (unpaired) electrons. The number of hydrogen-bond donors (Lipinski definition) is 1. The molecule has 1 amide bonds. The number of halogens is 2. The monoisotopic (exact) mass is 337 g/mol. The summed E-state index contributed by atoms with van der Waals surface area (Å²) in [6.45, 7) is 2.14. The summed E-state index contributed by atoms with van der Waals surface area (Å²) in [7, 11) is 0. The first-order valence-corrected chi connectivity index (χ1v) is 6.74. The molecule has 0 aliphatic heterocycles. The van der Waals surface area contributed by atoms with Crippen LogP contribution in [-0.4, -0.2) is 11.9 Å². The minimum atomic E-state index is 0.0215. The average Bonchev–Trinajstić information content (AvgIpc) is 2.64. The molecule has 2 atom stereocenters. The van der Waals surface area contributed by atoms with Gasteiger partial charge < -0.3 is 5.32 Å². The van der Waals surface area contributed by atoms with Crippen molar-refractivity contribution in [1.82, 2.24) is 5.32 Å². The number of nitrogens with one attached hydrogen (secondary N) is 1. The predicted molar refractivity (Wildman–Crippen MR) is 64.8 cm³/mol. The van der Waals surface area contributed by atoms with Gasteiger partial charge in [0, 0.05) is 6.04 Å². The molecular weight excluding hydrogens is 330 g/mol. The Morgan fingerprint density at radius 2 is 2.29 bits per heavy atom. The Bertz CT molecular complexity index is 377. The Balaban J connectivity index is 2.07. The first kappa shape index (κ1) is 10.6. The molecule has 1 aromatic rings. The van der Waals surface area contributed by atoms with Crippen LogP contribution in [-0.2, 0) is 0 Å². The van der Waals surface area contributed by atoms with Gasteiger partial charge in [0.05, 0.1) is 13.1 Å². The van der Waals surface area contributed by atoms with Crippen molar-refractivity contribution in [3.63, 3.8) is 0 Å². The topological polar surface area (TPSA) is 29.1 Å². The van der Waals surface area contributed by atoms with E-state index in [1.54, 1.807) is 0 Å². The molecule has 2 rings (SSSR count). The van der Waals surface area contributed by atoms with E-state index in [-0.39, 0.29) is 5.91 Å². The molecule has 5 heteroatoms. The van der Waals surface area contributed by atoms with E-state index in [1.165, 1.54) is 11.3 Å². The normalized spacial score (nSPS) is 24.8. The molecule has 0 aromatic carbocycles. The summed E-state index contributed by atoms with van der Waals surface area (Å²) in [5.41, 5.74) is 0.723. The number of carbonyl (C=O) groups is 1. The molecule has 1 saturated carbocycles. The van der Waals surface area contributed by atoms with Crippen LogP contribution in [0.15, 0.2) is 13.6 Å². The molecule has 1 aliphatic carbocycles. The highest BCUT2D eigenvalue weighted by atomic mass is 79.9. The third-order valence-electron chi connectivity index (χ3n) is 2.33. The highest BCUT2D eigenvalue weighted by molar-refractivity contribution is 9.12. The number of hydrogen-bond acceptors (Lipinski definition) is 2. The summed E-state index contributed by atoms with van der Waals surface area (Å²) >= 11 is 8.24. The van der Waals surface area contributed by atoms with Gasteiger partial charge in [0.15, 0.2) is 0 Å². The van der Waals surface area contributed by atoms with E-state index in [2.05, 4.69) is 44.1 Å². The van der Waals surface area contributed by atoms with Crippen molar-refractivity contribution in [2.24, 2.45) is 5.92 Å². The van der Waals surface area contributed by atoms with Gasteiger partial charge in [-0.3, -0.25) is 4.79 Å². The first-order valence-electron chi connectivity index (χ1n) is 4.33. The number of carbonyl (C=O) groups excluding carboxylic acids is 1. The highest BCUT2D eigenvalue weighted by Crippen LogP contribution is 2.33. The SMILES string of the molecule is CC1CC1NC(=O)c1cc(Br)sc1Br. The zero-order chi connectivity index (χ0) is 10.3. The van der Waals surface area contributed by atoms with Crippen molar-refractivity contribution in [3.05, 3.63) is 19.2 Å². The fourth-order valence-corrected chi connectivity index (χ4v) is 4.06. The van der Waals surface area contributed by atoms with E-state index in [1.807, 2.05) is 6.07 Å². The molecule has 0 saturated heterocycles. The van der Waals surface area contributed by atoms with Crippen LogP contribution in [0.2, 0.25) is 0 Å². The zero-order valence-electron chi connectivity index (χ0n) is 7.51. The minimum Gasteiger partial charge on any atom is -0.349 e. The second-order valence-corrected chi connectivity index (χ2v) is 7.28. The standard InChI is InChI=1S/C9H9Br2NOS/c1-4-2-6(4)12-9(13)5-3-7(10)14-8(5)11/h3-4,6H,2H2,1H3,(H,12,13).